The van der Waals surface area contributed by atoms with E-state index in [0.717, 1.165) is 0 Å². The molecule has 0 aliphatic rings. The van der Waals surface area contributed by atoms with Crippen LogP contribution in [0.1, 0.15) is 34.1 Å². The van der Waals surface area contributed by atoms with Gasteiger partial charge in [-0.2, -0.15) is 0 Å². The van der Waals surface area contributed by atoms with E-state index in [2.05, 4.69) is 20.8 Å². The summed E-state index contributed by atoms with van der Waals surface area (Å²) in [5.74, 6) is 0.204. The number of carbonyl (C=O) groups is 1. The first kappa shape index (κ1) is 9.41. The first-order chi connectivity index (χ1) is 4.45. The molecule has 0 N–H and O–H groups in total. The van der Waals surface area contributed by atoms with Gasteiger partial charge in [-0.25, -0.2) is 0 Å². The number of rotatable bonds is 2. The van der Waals surface area contributed by atoms with Crippen LogP contribution in [0, 0.1) is 5.41 Å². The molecule has 0 saturated heterocycles. The second-order valence-corrected chi connectivity index (χ2v) is 3.52. The Kier molecular flexibility index (Phi) is 3.34. The Morgan fingerprint density at radius 3 is 2.20 bits per heavy atom. The molecule has 0 atom stereocenters. The van der Waals surface area contributed by atoms with Crippen LogP contribution in [0.4, 0.5) is 0 Å². The van der Waals surface area contributed by atoms with Gasteiger partial charge in [0.15, 0.2) is 5.78 Å². The van der Waals surface area contributed by atoms with Crippen molar-refractivity contribution in [3.05, 3.63) is 12.2 Å². The third kappa shape index (κ3) is 5.54. The fraction of sp³-hybridized carbons (Fsp3) is 0.667. The van der Waals surface area contributed by atoms with Crippen LogP contribution < -0.4 is 0 Å². The smallest absolute Gasteiger partial charge is 0.155 e. The van der Waals surface area contributed by atoms with Crippen molar-refractivity contribution in [3.8, 4) is 0 Å². The lowest BCUT2D eigenvalue weighted by Gasteiger charge is -2.10. The second-order valence-electron chi connectivity index (χ2n) is 3.52. The predicted octanol–water partition coefficient (Wildman–Crippen LogP) is 2.57. The minimum atomic E-state index is 0.130. The van der Waals surface area contributed by atoms with Gasteiger partial charge in [0, 0.05) is 6.42 Å². The summed E-state index contributed by atoms with van der Waals surface area (Å²) >= 11 is 0. The van der Waals surface area contributed by atoms with Gasteiger partial charge in [-0.3, -0.25) is 4.79 Å². The molecule has 0 rings (SSSR count). The minimum absolute atomic E-state index is 0.130. The van der Waals surface area contributed by atoms with E-state index in [-0.39, 0.29) is 11.2 Å². The Morgan fingerprint density at radius 2 is 1.90 bits per heavy atom. The summed E-state index contributed by atoms with van der Waals surface area (Å²) in [5.41, 5.74) is 0.130. The molecule has 0 aromatic heterocycles. The van der Waals surface area contributed by atoms with Gasteiger partial charge in [-0.1, -0.05) is 33.8 Å². The molecule has 0 radical (unpaired) electrons. The van der Waals surface area contributed by atoms with Crippen LogP contribution in [-0.4, -0.2) is 5.78 Å². The standard InChI is InChI=1S/C9H16O/c1-5-8(10)6-7-9(2,3)4/h6-7H,5H2,1-4H3/b7-6+. The molecular weight excluding hydrogens is 124 g/mol. The molecule has 1 nitrogen and oxygen atoms in total. The quantitative estimate of drug-likeness (QED) is 0.539. The summed E-state index contributed by atoms with van der Waals surface area (Å²) in [6, 6.07) is 0. The average Bonchev–Trinajstić information content (AvgIpc) is 1.81. The SMILES string of the molecule is CCC(=O)/C=C/C(C)(C)C. The molecule has 0 unspecified atom stereocenters. The normalized spacial score (nSPS) is 12.4. The van der Waals surface area contributed by atoms with Crippen LogP contribution >= 0.6 is 0 Å². The Hall–Kier alpha value is -0.590. The second kappa shape index (κ2) is 3.55. The van der Waals surface area contributed by atoms with Crippen molar-refractivity contribution >= 4 is 5.78 Å². The van der Waals surface area contributed by atoms with Crippen LogP contribution in [0.15, 0.2) is 12.2 Å². The highest BCUT2D eigenvalue weighted by Gasteiger charge is 2.03. The lowest BCUT2D eigenvalue weighted by Crippen LogP contribution is -2.00. The molecule has 0 aromatic rings. The van der Waals surface area contributed by atoms with Crippen LogP contribution in [-0.2, 0) is 4.79 Å². The average molecular weight is 140 g/mol. The van der Waals surface area contributed by atoms with Crippen molar-refractivity contribution in [2.24, 2.45) is 5.41 Å². The van der Waals surface area contributed by atoms with Crippen molar-refractivity contribution in [1.29, 1.82) is 0 Å². The molecule has 0 spiro atoms. The zero-order valence-electron chi connectivity index (χ0n) is 7.27. The number of allylic oxidation sites excluding steroid dienone is 2. The number of hydrogen-bond donors (Lipinski definition) is 0. The molecule has 0 aromatic carbocycles. The zero-order valence-corrected chi connectivity index (χ0v) is 7.27. The van der Waals surface area contributed by atoms with E-state index in [0.29, 0.717) is 6.42 Å². The zero-order chi connectivity index (χ0) is 8.20. The highest BCUT2D eigenvalue weighted by Crippen LogP contribution is 2.14. The van der Waals surface area contributed by atoms with E-state index in [1.165, 1.54) is 0 Å². The number of ketones is 1. The Balaban J connectivity index is 3.88. The van der Waals surface area contributed by atoms with Gasteiger partial charge >= 0.3 is 0 Å². The number of carbonyl (C=O) groups excluding carboxylic acids is 1. The van der Waals surface area contributed by atoms with Crippen LogP contribution in [0.5, 0.6) is 0 Å². The molecule has 0 bridgehead atoms. The molecular formula is C9H16O. The Bertz CT molecular complexity index is 137. The fourth-order valence-electron chi connectivity index (χ4n) is 0.461. The third-order valence-electron chi connectivity index (χ3n) is 1.12. The topological polar surface area (TPSA) is 17.1 Å². The van der Waals surface area contributed by atoms with Crippen molar-refractivity contribution in [2.45, 2.75) is 34.1 Å². The molecule has 0 amide bonds. The van der Waals surface area contributed by atoms with Crippen molar-refractivity contribution in [2.75, 3.05) is 0 Å². The van der Waals surface area contributed by atoms with E-state index in [1.807, 2.05) is 13.0 Å². The molecule has 10 heavy (non-hydrogen) atoms. The lowest BCUT2D eigenvalue weighted by atomic mass is 9.96. The maximum atomic E-state index is 10.8. The Morgan fingerprint density at radius 1 is 1.40 bits per heavy atom. The maximum Gasteiger partial charge on any atom is 0.155 e. The van der Waals surface area contributed by atoms with Gasteiger partial charge in [0.2, 0.25) is 0 Å². The first-order valence-corrected chi connectivity index (χ1v) is 3.68. The van der Waals surface area contributed by atoms with Gasteiger partial charge < -0.3 is 0 Å². The van der Waals surface area contributed by atoms with E-state index >= 15 is 0 Å². The molecule has 0 saturated carbocycles. The molecule has 0 heterocycles. The van der Waals surface area contributed by atoms with Gasteiger partial charge in [-0.05, 0) is 11.5 Å². The maximum absolute atomic E-state index is 10.8. The summed E-state index contributed by atoms with van der Waals surface area (Å²) in [6.07, 6.45) is 4.21. The number of hydrogen-bond acceptors (Lipinski definition) is 1. The first-order valence-electron chi connectivity index (χ1n) is 3.68. The van der Waals surface area contributed by atoms with E-state index in [1.54, 1.807) is 6.08 Å². The Labute approximate surface area is 63.1 Å². The van der Waals surface area contributed by atoms with E-state index < -0.39 is 0 Å². The summed E-state index contributed by atoms with van der Waals surface area (Å²) in [7, 11) is 0. The molecule has 1 heteroatoms. The van der Waals surface area contributed by atoms with E-state index in [4.69, 9.17) is 0 Å². The highest BCUT2D eigenvalue weighted by molar-refractivity contribution is 5.89. The van der Waals surface area contributed by atoms with Gasteiger partial charge in [0.25, 0.3) is 0 Å². The summed E-state index contributed by atoms with van der Waals surface area (Å²) in [4.78, 5) is 10.8. The minimum Gasteiger partial charge on any atom is -0.295 e. The molecule has 0 aliphatic carbocycles. The van der Waals surface area contributed by atoms with Crippen molar-refractivity contribution < 1.29 is 4.79 Å². The van der Waals surface area contributed by atoms with Gasteiger partial charge in [-0.15, -0.1) is 0 Å². The summed E-state index contributed by atoms with van der Waals surface area (Å²) in [6.45, 7) is 8.10. The van der Waals surface area contributed by atoms with Gasteiger partial charge in [0.05, 0.1) is 0 Å². The van der Waals surface area contributed by atoms with Crippen LogP contribution in [0.25, 0.3) is 0 Å². The summed E-state index contributed by atoms with van der Waals surface area (Å²) in [5, 5.41) is 0. The fourth-order valence-corrected chi connectivity index (χ4v) is 0.461. The lowest BCUT2D eigenvalue weighted by molar-refractivity contribution is -0.114. The predicted molar refractivity (Wildman–Crippen MR) is 43.9 cm³/mol. The largest absolute Gasteiger partial charge is 0.295 e. The van der Waals surface area contributed by atoms with Crippen LogP contribution in [0.2, 0.25) is 0 Å². The third-order valence-corrected chi connectivity index (χ3v) is 1.12. The molecule has 0 aliphatic heterocycles. The van der Waals surface area contributed by atoms with Crippen molar-refractivity contribution in [3.63, 3.8) is 0 Å². The van der Waals surface area contributed by atoms with Crippen molar-refractivity contribution in [1.82, 2.24) is 0 Å². The van der Waals surface area contributed by atoms with Gasteiger partial charge in [0.1, 0.15) is 0 Å². The van der Waals surface area contributed by atoms with E-state index in [9.17, 15) is 4.79 Å². The molecule has 0 fully saturated rings. The summed E-state index contributed by atoms with van der Waals surface area (Å²) < 4.78 is 0. The van der Waals surface area contributed by atoms with Crippen LogP contribution in [0.3, 0.4) is 0 Å². The highest BCUT2D eigenvalue weighted by atomic mass is 16.1. The molecule has 58 valence electrons. The monoisotopic (exact) mass is 140 g/mol.